The zero-order valence-corrected chi connectivity index (χ0v) is 13.6. The van der Waals surface area contributed by atoms with E-state index in [1.54, 1.807) is 6.92 Å². The lowest BCUT2D eigenvalue weighted by atomic mass is 10.2. The average molecular weight is 324 g/mol. The van der Waals surface area contributed by atoms with Crippen molar-refractivity contribution in [3.05, 3.63) is 34.9 Å². The highest BCUT2D eigenvalue weighted by atomic mass is 35.5. The van der Waals surface area contributed by atoms with Crippen LogP contribution >= 0.6 is 11.6 Å². The van der Waals surface area contributed by atoms with E-state index in [9.17, 15) is 9.59 Å². The Morgan fingerprint density at radius 1 is 1.18 bits per heavy atom. The number of hydrogen-bond acceptors (Lipinski definition) is 3. The molecule has 0 saturated carbocycles. The molecule has 0 atom stereocenters. The minimum Gasteiger partial charge on any atom is -0.351 e. The highest BCUT2D eigenvalue weighted by Crippen LogP contribution is 2.14. The normalized spacial score (nSPS) is 16.2. The van der Waals surface area contributed by atoms with Gasteiger partial charge in [-0.2, -0.15) is 0 Å². The first kappa shape index (κ1) is 16.8. The van der Waals surface area contributed by atoms with Gasteiger partial charge in [-0.25, -0.2) is 0 Å². The maximum Gasteiger partial charge on any atom is 0.234 e. The third-order valence-corrected chi connectivity index (χ3v) is 4.20. The molecule has 0 spiro atoms. The monoisotopic (exact) mass is 323 g/mol. The lowest BCUT2D eigenvalue weighted by molar-refractivity contribution is -0.128. The minimum absolute atomic E-state index is 0.0174. The van der Waals surface area contributed by atoms with Crippen molar-refractivity contribution in [1.29, 1.82) is 0 Å². The molecule has 6 heteroatoms. The number of carbonyl (C=O) groups is 2. The Labute approximate surface area is 136 Å². The fraction of sp³-hybridized carbons (Fsp3) is 0.500. The van der Waals surface area contributed by atoms with E-state index < -0.39 is 0 Å². The number of amides is 2. The summed E-state index contributed by atoms with van der Waals surface area (Å²) in [5.41, 5.74) is 0.913. The van der Waals surface area contributed by atoms with Crippen LogP contribution in [0.2, 0.25) is 5.02 Å². The van der Waals surface area contributed by atoms with E-state index in [-0.39, 0.29) is 11.8 Å². The molecule has 5 nitrogen and oxygen atoms in total. The van der Waals surface area contributed by atoms with Crippen LogP contribution in [-0.2, 0) is 16.1 Å². The van der Waals surface area contributed by atoms with Crippen molar-refractivity contribution in [3.63, 3.8) is 0 Å². The summed E-state index contributed by atoms with van der Waals surface area (Å²) in [6, 6.07) is 7.48. The van der Waals surface area contributed by atoms with Crippen LogP contribution in [0.5, 0.6) is 0 Å². The molecule has 0 aliphatic carbocycles. The molecule has 1 aromatic rings. The molecular formula is C16H22ClN3O2. The Morgan fingerprint density at radius 2 is 1.95 bits per heavy atom. The van der Waals surface area contributed by atoms with Crippen molar-refractivity contribution in [2.24, 2.45) is 0 Å². The quantitative estimate of drug-likeness (QED) is 0.914. The van der Waals surface area contributed by atoms with Crippen molar-refractivity contribution >= 4 is 23.4 Å². The van der Waals surface area contributed by atoms with Crippen LogP contribution in [0.25, 0.3) is 0 Å². The van der Waals surface area contributed by atoms with Gasteiger partial charge >= 0.3 is 0 Å². The molecule has 1 heterocycles. The highest BCUT2D eigenvalue weighted by Gasteiger charge is 2.18. The molecule has 2 rings (SSSR count). The Bertz CT molecular complexity index is 536. The molecule has 0 unspecified atom stereocenters. The molecule has 1 aliphatic heterocycles. The van der Waals surface area contributed by atoms with E-state index in [0.717, 1.165) is 31.6 Å². The van der Waals surface area contributed by atoms with Crippen molar-refractivity contribution in [2.45, 2.75) is 19.9 Å². The summed E-state index contributed by atoms with van der Waals surface area (Å²) in [6.07, 6.45) is 0.900. The molecule has 1 saturated heterocycles. The molecule has 0 radical (unpaired) electrons. The predicted molar refractivity (Wildman–Crippen MR) is 86.6 cm³/mol. The second-order valence-electron chi connectivity index (χ2n) is 5.50. The Hall–Kier alpha value is -1.59. The van der Waals surface area contributed by atoms with Crippen LogP contribution in [0, 0.1) is 0 Å². The van der Waals surface area contributed by atoms with Gasteiger partial charge in [-0.05, 0) is 18.1 Å². The fourth-order valence-corrected chi connectivity index (χ4v) is 2.74. The van der Waals surface area contributed by atoms with Crippen molar-refractivity contribution in [3.8, 4) is 0 Å². The number of halogens is 1. The van der Waals surface area contributed by atoms with Gasteiger partial charge in [0.2, 0.25) is 11.8 Å². The van der Waals surface area contributed by atoms with Gasteiger partial charge in [0, 0.05) is 44.7 Å². The van der Waals surface area contributed by atoms with Gasteiger partial charge in [0.25, 0.3) is 0 Å². The minimum atomic E-state index is -0.0174. The van der Waals surface area contributed by atoms with E-state index in [0.29, 0.717) is 24.7 Å². The van der Waals surface area contributed by atoms with E-state index in [1.165, 1.54) is 0 Å². The molecule has 120 valence electrons. The zero-order chi connectivity index (χ0) is 15.9. The lowest BCUT2D eigenvalue weighted by Crippen LogP contribution is -2.39. The summed E-state index contributed by atoms with van der Waals surface area (Å²) < 4.78 is 0. The van der Waals surface area contributed by atoms with Crippen LogP contribution < -0.4 is 5.32 Å². The van der Waals surface area contributed by atoms with Gasteiger partial charge in [0.15, 0.2) is 0 Å². The number of carbonyl (C=O) groups excluding carboxylic acids is 2. The summed E-state index contributed by atoms with van der Waals surface area (Å²) in [5.74, 6) is 0.0845. The topological polar surface area (TPSA) is 52.7 Å². The van der Waals surface area contributed by atoms with Crippen LogP contribution in [0.15, 0.2) is 24.3 Å². The number of hydrogen-bond donors (Lipinski definition) is 1. The second kappa shape index (κ2) is 8.15. The van der Waals surface area contributed by atoms with Crippen LogP contribution in [0.4, 0.5) is 0 Å². The standard InChI is InChI=1S/C16H22ClN3O2/c1-13(21)20-8-4-7-19(9-10-20)12-16(22)18-11-14-5-2-3-6-15(14)17/h2-3,5-6H,4,7-12H2,1H3,(H,18,22). The third kappa shape index (κ3) is 5.00. The first-order valence-electron chi connectivity index (χ1n) is 7.54. The maximum absolute atomic E-state index is 12.0. The first-order chi connectivity index (χ1) is 10.6. The van der Waals surface area contributed by atoms with E-state index in [1.807, 2.05) is 29.2 Å². The van der Waals surface area contributed by atoms with Crippen LogP contribution in [0.3, 0.4) is 0 Å². The number of benzene rings is 1. The predicted octanol–water partition coefficient (Wildman–Crippen LogP) is 1.51. The number of rotatable bonds is 4. The van der Waals surface area contributed by atoms with Crippen LogP contribution in [0.1, 0.15) is 18.9 Å². The molecule has 1 aromatic carbocycles. The van der Waals surface area contributed by atoms with E-state index in [4.69, 9.17) is 11.6 Å². The molecule has 0 aromatic heterocycles. The number of nitrogens with zero attached hydrogens (tertiary/aromatic N) is 2. The smallest absolute Gasteiger partial charge is 0.234 e. The molecule has 0 bridgehead atoms. The second-order valence-corrected chi connectivity index (χ2v) is 5.91. The SMILES string of the molecule is CC(=O)N1CCCN(CC(=O)NCc2ccccc2Cl)CC1. The molecular weight excluding hydrogens is 302 g/mol. The highest BCUT2D eigenvalue weighted by molar-refractivity contribution is 6.31. The summed E-state index contributed by atoms with van der Waals surface area (Å²) in [6.45, 7) is 5.41. The Morgan fingerprint density at radius 3 is 2.68 bits per heavy atom. The molecule has 1 N–H and O–H groups in total. The van der Waals surface area contributed by atoms with Gasteiger partial charge in [0.1, 0.15) is 0 Å². The molecule has 22 heavy (non-hydrogen) atoms. The van der Waals surface area contributed by atoms with Crippen LogP contribution in [-0.4, -0.2) is 54.3 Å². The summed E-state index contributed by atoms with van der Waals surface area (Å²) in [5, 5.41) is 3.56. The van der Waals surface area contributed by atoms with Crippen molar-refractivity contribution in [2.75, 3.05) is 32.7 Å². The first-order valence-corrected chi connectivity index (χ1v) is 7.92. The summed E-state index contributed by atoms with van der Waals surface area (Å²) in [7, 11) is 0. The maximum atomic E-state index is 12.0. The lowest BCUT2D eigenvalue weighted by Gasteiger charge is -2.20. The molecule has 1 fully saturated rings. The molecule has 1 aliphatic rings. The largest absolute Gasteiger partial charge is 0.351 e. The van der Waals surface area contributed by atoms with E-state index >= 15 is 0 Å². The van der Waals surface area contributed by atoms with Gasteiger partial charge in [0.05, 0.1) is 6.54 Å². The number of nitrogens with one attached hydrogen (secondary N) is 1. The van der Waals surface area contributed by atoms with Gasteiger partial charge < -0.3 is 10.2 Å². The molecule has 2 amide bonds. The van der Waals surface area contributed by atoms with Crippen molar-refractivity contribution in [1.82, 2.24) is 15.1 Å². The summed E-state index contributed by atoms with van der Waals surface area (Å²) >= 11 is 6.07. The Kier molecular flexibility index (Phi) is 6.21. The van der Waals surface area contributed by atoms with Gasteiger partial charge in [-0.15, -0.1) is 0 Å². The Balaban J connectivity index is 1.77. The van der Waals surface area contributed by atoms with Gasteiger partial charge in [-0.3, -0.25) is 14.5 Å². The average Bonchev–Trinajstić information content (AvgIpc) is 2.72. The van der Waals surface area contributed by atoms with Crippen molar-refractivity contribution < 1.29 is 9.59 Å². The zero-order valence-electron chi connectivity index (χ0n) is 12.8. The van der Waals surface area contributed by atoms with E-state index in [2.05, 4.69) is 10.2 Å². The van der Waals surface area contributed by atoms with Gasteiger partial charge in [-0.1, -0.05) is 29.8 Å². The summed E-state index contributed by atoms with van der Waals surface area (Å²) in [4.78, 5) is 27.4. The fourth-order valence-electron chi connectivity index (χ4n) is 2.54. The third-order valence-electron chi connectivity index (χ3n) is 3.83.